The maximum absolute atomic E-state index is 12.7. The highest BCUT2D eigenvalue weighted by Gasteiger charge is 2.28. The molecule has 5 aliphatic rings. The number of nitrogens with zero attached hydrogens (tertiary/aromatic N) is 8. The van der Waals surface area contributed by atoms with Crippen LogP contribution in [0, 0.1) is 17.8 Å². The molecule has 1 unspecified atom stereocenters. The van der Waals surface area contributed by atoms with Gasteiger partial charge in [-0.15, -0.1) is 0 Å². The number of phenolic OH excluding ortho intramolecular Hbond substituents is 4. The number of allylic oxidation sites excluding steroid dienone is 4. The van der Waals surface area contributed by atoms with E-state index in [1.54, 1.807) is 48.5 Å². The van der Waals surface area contributed by atoms with Crippen molar-refractivity contribution in [3.05, 3.63) is 163 Å². The summed E-state index contributed by atoms with van der Waals surface area (Å²) in [7, 11) is 0. The third-order valence-corrected chi connectivity index (χ3v) is 18.5. The normalized spacial score (nSPS) is 13.6. The van der Waals surface area contributed by atoms with Crippen LogP contribution >= 0.6 is 0 Å². The summed E-state index contributed by atoms with van der Waals surface area (Å²) in [6.45, 7) is 25.3. The number of benzene rings is 4. The van der Waals surface area contributed by atoms with Gasteiger partial charge in [-0.3, -0.25) is 19.2 Å². The van der Waals surface area contributed by atoms with E-state index in [9.17, 15) is 39.6 Å². The Kier molecular flexibility index (Phi) is 24.8. The van der Waals surface area contributed by atoms with Gasteiger partial charge in [0, 0.05) is 47.9 Å². The van der Waals surface area contributed by atoms with E-state index in [0.29, 0.717) is 64.8 Å². The van der Waals surface area contributed by atoms with E-state index in [1.807, 2.05) is 132 Å². The molecule has 0 spiro atoms. The Hall–Kier alpha value is -10.8. The van der Waals surface area contributed by atoms with Crippen LogP contribution in [0.4, 0.5) is 23.3 Å². The maximum Gasteiger partial charge on any atom is 0.228 e. The number of aromatic nitrogens is 8. The van der Waals surface area contributed by atoms with Crippen LogP contribution in [0.3, 0.4) is 0 Å². The molecule has 542 valence electrons. The number of fused-ring (bicyclic) bond motifs is 12. The van der Waals surface area contributed by atoms with Gasteiger partial charge in [0.25, 0.3) is 0 Å². The van der Waals surface area contributed by atoms with Crippen molar-refractivity contribution in [2.24, 2.45) is 17.8 Å². The van der Waals surface area contributed by atoms with Gasteiger partial charge < -0.3 is 41.7 Å². The summed E-state index contributed by atoms with van der Waals surface area (Å²) < 4.78 is 0. The van der Waals surface area contributed by atoms with Gasteiger partial charge >= 0.3 is 0 Å². The van der Waals surface area contributed by atoms with Crippen LogP contribution in [-0.2, 0) is 70.5 Å². The van der Waals surface area contributed by atoms with Crippen molar-refractivity contribution in [1.82, 2.24) is 39.9 Å². The number of rotatable bonds is 14. The lowest BCUT2D eigenvalue weighted by Gasteiger charge is -2.22. The van der Waals surface area contributed by atoms with Crippen molar-refractivity contribution < 1.29 is 39.6 Å². The number of phenols is 4. The number of aromatic hydroxyl groups is 4. The second-order valence-electron chi connectivity index (χ2n) is 29.1. The number of nitrogens with one attached hydrogen (secondary N) is 4. The second-order valence-corrected chi connectivity index (χ2v) is 29.1. The predicted octanol–water partition coefficient (Wildman–Crippen LogP) is 17.3. The summed E-state index contributed by atoms with van der Waals surface area (Å²) >= 11 is 0. The Morgan fingerprint density at radius 3 is 1.02 bits per heavy atom. The van der Waals surface area contributed by atoms with Crippen LogP contribution in [0.2, 0.25) is 0 Å². The number of aryl methyl sites for hydroxylation is 8. The molecule has 4 aromatic heterocycles. The zero-order valence-electron chi connectivity index (χ0n) is 62.3. The molecule has 1 atom stereocenters. The largest absolute Gasteiger partial charge is 0.508 e. The molecule has 13 rings (SSSR count). The number of carbonyl (C=O) groups excluding carboxylic acids is 4. The molecule has 4 amide bonds. The Morgan fingerprint density at radius 2 is 0.721 bits per heavy atom. The molecular formula is C84H98N12O8. The van der Waals surface area contributed by atoms with Crippen LogP contribution in [0.5, 0.6) is 23.0 Å². The van der Waals surface area contributed by atoms with E-state index in [4.69, 9.17) is 34.9 Å². The summed E-state index contributed by atoms with van der Waals surface area (Å²) in [6.07, 6.45) is 21.8. The average molecular weight is 1400 g/mol. The standard InChI is InChI=1S/C24H29N3O2.2C21H25N3O2.C18H19N3O2/c1-15(2)12-21-24(27-22(29)13-16-6-4-3-5-7-16)26-20-11-8-17-14-18(28)9-10-19(17)23(20)25-21;1-12(2)9-18-21(24-19(26)10-13(3)4)23-17-8-5-14-11-15(25)6-7-16(14)20(17)22-18;1-5-13(4)21(26)24-20-18(10-12(2)3)22-19-16-8-7-15(25)11-14(16)6-9-17(19)23-20;1-10(2)8-16-18(19-11(3)22)21-15-7-4-12-9-13(23)5-6-14(12)17(15)20-16/h9-10,12,14,16,28H,3-8,11,13H2,1-2H3,(H,26,27,29);6-7,9,11,13,25H,5,8,10H2,1-4H3,(H,23,24,26);7-8,10-11,13,25H,5-6,9H2,1-4H3,(H,23,24,26);5-6,8-9,23H,4,7H2,1-3H3,(H,19,21,22). The molecule has 20 nitrogen and oxygen atoms in total. The van der Waals surface area contributed by atoms with E-state index in [0.717, 1.165) is 183 Å². The molecular weight excluding hydrogens is 1300 g/mol. The lowest BCUT2D eigenvalue weighted by atomic mass is 9.87. The molecule has 104 heavy (non-hydrogen) atoms. The monoisotopic (exact) mass is 1400 g/mol. The van der Waals surface area contributed by atoms with Crippen molar-refractivity contribution >= 4 is 71.2 Å². The van der Waals surface area contributed by atoms with Gasteiger partial charge in [-0.05, 0) is 257 Å². The van der Waals surface area contributed by atoms with Crippen molar-refractivity contribution in [3.63, 3.8) is 0 Å². The summed E-state index contributed by atoms with van der Waals surface area (Å²) in [5.41, 5.74) is 22.2. The smallest absolute Gasteiger partial charge is 0.228 e. The lowest BCUT2D eigenvalue weighted by molar-refractivity contribution is -0.119. The van der Waals surface area contributed by atoms with Gasteiger partial charge in [0.1, 0.15) is 45.8 Å². The highest BCUT2D eigenvalue weighted by Crippen LogP contribution is 2.40. The molecule has 5 aliphatic carbocycles. The molecule has 4 aromatic carbocycles. The quantitative estimate of drug-likeness (QED) is 0.0502. The fourth-order valence-electron chi connectivity index (χ4n) is 13.4. The Balaban J connectivity index is 0.000000149. The van der Waals surface area contributed by atoms with Crippen molar-refractivity contribution in [2.75, 3.05) is 21.3 Å². The van der Waals surface area contributed by atoms with Crippen LogP contribution in [0.1, 0.15) is 209 Å². The van der Waals surface area contributed by atoms with Gasteiger partial charge in [0.15, 0.2) is 23.3 Å². The molecule has 8 N–H and O–H groups in total. The van der Waals surface area contributed by atoms with Crippen LogP contribution in [-0.4, -0.2) is 83.9 Å². The molecule has 4 heterocycles. The fourth-order valence-corrected chi connectivity index (χ4v) is 13.4. The molecule has 1 saturated carbocycles. The van der Waals surface area contributed by atoms with Crippen molar-refractivity contribution in [2.45, 2.75) is 193 Å². The number of carbonyl (C=O) groups is 4. The van der Waals surface area contributed by atoms with Crippen molar-refractivity contribution in [1.29, 1.82) is 0 Å². The minimum absolute atomic E-state index is 0.0358. The molecule has 0 radical (unpaired) electrons. The zero-order valence-corrected chi connectivity index (χ0v) is 62.3. The van der Waals surface area contributed by atoms with Gasteiger partial charge in [0.2, 0.25) is 23.6 Å². The van der Waals surface area contributed by atoms with Crippen LogP contribution < -0.4 is 21.3 Å². The van der Waals surface area contributed by atoms with Gasteiger partial charge in [-0.25, -0.2) is 39.9 Å². The summed E-state index contributed by atoms with van der Waals surface area (Å²) in [4.78, 5) is 86.9. The molecule has 0 aliphatic heterocycles. The first-order chi connectivity index (χ1) is 49.6. The first-order valence-electron chi connectivity index (χ1n) is 36.4. The van der Waals surface area contributed by atoms with Crippen LogP contribution in [0.15, 0.2) is 95.1 Å². The molecule has 20 heteroatoms. The SMILES string of the molecule is CC(=O)Nc1nc2c(nc1C=C(C)C)-c1ccc(O)cc1CC2.CC(C)=Cc1nc2c(nc1NC(=O)CC(C)C)CCc1cc(O)ccc1-2.CC(C)=Cc1nc2c(nc1NC(=O)CC1CCCCC1)CCc1cc(O)ccc1-2.CCC(C)C(=O)Nc1nc2c(nc1C=C(C)C)-c1ccc(O)cc1CC2. The second kappa shape index (κ2) is 34.0. The Morgan fingerprint density at radius 1 is 0.413 bits per heavy atom. The maximum atomic E-state index is 12.7. The average Bonchev–Trinajstić information content (AvgIpc) is 0.793. The Labute approximate surface area is 610 Å². The van der Waals surface area contributed by atoms with Gasteiger partial charge in [-0.1, -0.05) is 69.2 Å². The molecule has 1 fully saturated rings. The van der Waals surface area contributed by atoms with E-state index in [2.05, 4.69) is 26.3 Å². The number of hydrogen-bond donors (Lipinski definition) is 8. The fraction of sp³-hybridized carbons (Fsp3) is 0.381. The van der Waals surface area contributed by atoms with E-state index in [1.165, 1.54) is 26.2 Å². The molecule has 8 aromatic rings. The first-order valence-corrected chi connectivity index (χ1v) is 36.4. The minimum Gasteiger partial charge on any atom is -0.508 e. The van der Waals surface area contributed by atoms with E-state index < -0.39 is 0 Å². The predicted molar refractivity (Wildman–Crippen MR) is 414 cm³/mol. The van der Waals surface area contributed by atoms with E-state index in [-0.39, 0.29) is 58.5 Å². The minimum atomic E-state index is -0.163. The van der Waals surface area contributed by atoms with Crippen molar-refractivity contribution in [3.8, 4) is 68.0 Å². The van der Waals surface area contributed by atoms with Gasteiger partial charge in [0.05, 0.1) is 45.6 Å². The van der Waals surface area contributed by atoms with Gasteiger partial charge in [-0.2, -0.15) is 0 Å². The Bertz CT molecular complexity index is 4720. The lowest BCUT2D eigenvalue weighted by Crippen LogP contribution is -2.22. The molecule has 0 saturated heterocycles. The number of amides is 4. The number of hydrogen-bond acceptors (Lipinski definition) is 16. The number of anilines is 4. The zero-order chi connectivity index (χ0) is 74.6. The molecule has 0 bridgehead atoms. The third-order valence-electron chi connectivity index (χ3n) is 18.5. The first kappa shape index (κ1) is 75.9. The summed E-state index contributed by atoms with van der Waals surface area (Å²) in [5, 5.41) is 50.6. The highest BCUT2D eigenvalue weighted by molar-refractivity contribution is 5.95. The highest BCUT2D eigenvalue weighted by atomic mass is 16.3. The topological polar surface area (TPSA) is 300 Å². The summed E-state index contributed by atoms with van der Waals surface area (Å²) in [5.74, 6) is 3.68. The third kappa shape index (κ3) is 19.5. The summed E-state index contributed by atoms with van der Waals surface area (Å²) in [6, 6.07) is 21.4. The van der Waals surface area contributed by atoms with E-state index >= 15 is 0 Å². The van der Waals surface area contributed by atoms with Crippen LogP contribution in [0.25, 0.3) is 69.3 Å².